The lowest BCUT2D eigenvalue weighted by Crippen LogP contribution is -1.98. The van der Waals surface area contributed by atoms with Gasteiger partial charge in [-0.05, 0) is 19.1 Å². The van der Waals surface area contributed by atoms with Gasteiger partial charge in [-0.3, -0.25) is 4.79 Å². The molecule has 0 aliphatic carbocycles. The number of Topliss-reactive ketones (excluding diaryl/α,β-unsaturated/α-hetero) is 1. The Morgan fingerprint density at radius 3 is 2.55 bits per heavy atom. The molecule has 0 amide bonds. The molecule has 1 aromatic rings. The van der Waals surface area contributed by atoms with E-state index in [4.69, 9.17) is 4.74 Å². The minimum atomic E-state index is -0.0890. The van der Waals surface area contributed by atoms with Gasteiger partial charge in [0.2, 0.25) is 0 Å². The molecule has 11 heavy (non-hydrogen) atoms. The summed E-state index contributed by atoms with van der Waals surface area (Å²) in [7, 11) is 0. The zero-order valence-electron chi connectivity index (χ0n) is 6.28. The number of hydrogen-bond acceptors (Lipinski definition) is 2. The second-order valence-electron chi connectivity index (χ2n) is 2.16. The van der Waals surface area contributed by atoms with E-state index in [9.17, 15) is 4.79 Å². The largest absolute Gasteiger partial charge is 0.478 e. The van der Waals surface area contributed by atoms with Crippen LogP contribution in [0.15, 0.2) is 30.3 Å². The fourth-order valence-electron chi connectivity index (χ4n) is 0.650. The molecule has 0 heterocycles. The van der Waals surface area contributed by atoms with Crippen LogP contribution in [-0.2, 0) is 4.79 Å². The molecule has 0 saturated carbocycles. The molecule has 0 spiro atoms. The van der Waals surface area contributed by atoms with Crippen LogP contribution in [0.1, 0.15) is 6.92 Å². The average Bonchev–Trinajstić information content (AvgIpc) is 2.03. The Kier molecular flexibility index (Phi) is 2.66. The Hall–Kier alpha value is -1.31. The number of carbonyl (C=O) groups is 1. The van der Waals surface area contributed by atoms with Crippen molar-refractivity contribution >= 4 is 5.78 Å². The minimum Gasteiger partial charge on any atom is -0.478 e. The van der Waals surface area contributed by atoms with Gasteiger partial charge in [0.15, 0.2) is 12.4 Å². The van der Waals surface area contributed by atoms with Crippen LogP contribution in [0.25, 0.3) is 0 Å². The maximum atomic E-state index is 10.4. The molecule has 0 N–H and O–H groups in total. The summed E-state index contributed by atoms with van der Waals surface area (Å²) in [6.45, 7) is 2.64. The number of hydrogen-bond donors (Lipinski definition) is 0. The van der Waals surface area contributed by atoms with Gasteiger partial charge >= 0.3 is 0 Å². The number of rotatable bonds is 3. The first-order valence-electron chi connectivity index (χ1n) is 3.34. The van der Waals surface area contributed by atoms with E-state index in [1.807, 2.05) is 18.2 Å². The van der Waals surface area contributed by atoms with E-state index in [1.165, 1.54) is 13.5 Å². The van der Waals surface area contributed by atoms with Gasteiger partial charge in [0.1, 0.15) is 5.75 Å². The van der Waals surface area contributed by atoms with E-state index in [1.54, 1.807) is 12.1 Å². The number of benzene rings is 1. The Balaban J connectivity index is 2.45. The summed E-state index contributed by atoms with van der Waals surface area (Å²) in [4.78, 5) is 10.4. The first kappa shape index (κ1) is 7.79. The fourth-order valence-corrected chi connectivity index (χ4v) is 0.650. The van der Waals surface area contributed by atoms with Crippen molar-refractivity contribution in [1.82, 2.24) is 0 Å². The molecule has 0 bridgehead atoms. The molecule has 1 rings (SSSR count). The predicted molar refractivity (Wildman–Crippen MR) is 42.1 cm³/mol. The lowest BCUT2D eigenvalue weighted by Gasteiger charge is -2.00. The summed E-state index contributed by atoms with van der Waals surface area (Å²) in [6.07, 6.45) is 0. The van der Waals surface area contributed by atoms with Gasteiger partial charge in [0, 0.05) is 0 Å². The molecule has 0 aromatic heterocycles. The van der Waals surface area contributed by atoms with Crippen LogP contribution in [0, 0.1) is 6.61 Å². The van der Waals surface area contributed by atoms with Crippen LogP contribution in [0.4, 0.5) is 0 Å². The van der Waals surface area contributed by atoms with E-state index < -0.39 is 0 Å². The van der Waals surface area contributed by atoms with Crippen molar-refractivity contribution in [2.75, 3.05) is 0 Å². The zero-order valence-corrected chi connectivity index (χ0v) is 6.28. The first-order chi connectivity index (χ1) is 5.29. The molecule has 0 unspecified atom stereocenters. The second kappa shape index (κ2) is 3.76. The van der Waals surface area contributed by atoms with E-state index in [0.29, 0.717) is 5.75 Å². The highest BCUT2D eigenvalue weighted by atomic mass is 16.5. The normalized spacial score (nSPS) is 9.18. The number of para-hydroxylation sites is 1. The minimum absolute atomic E-state index is 0.0890. The van der Waals surface area contributed by atoms with Gasteiger partial charge in [0.25, 0.3) is 0 Å². The van der Waals surface area contributed by atoms with E-state index in [2.05, 4.69) is 0 Å². The highest BCUT2D eigenvalue weighted by Crippen LogP contribution is 2.08. The van der Waals surface area contributed by atoms with Crippen molar-refractivity contribution < 1.29 is 9.53 Å². The monoisotopic (exact) mass is 149 g/mol. The van der Waals surface area contributed by atoms with Crippen LogP contribution in [0.3, 0.4) is 0 Å². The topological polar surface area (TPSA) is 26.3 Å². The van der Waals surface area contributed by atoms with Gasteiger partial charge in [-0.25, -0.2) is 0 Å². The lowest BCUT2D eigenvalue weighted by molar-refractivity contribution is -0.116. The van der Waals surface area contributed by atoms with Crippen molar-refractivity contribution in [3.05, 3.63) is 36.9 Å². The van der Waals surface area contributed by atoms with Gasteiger partial charge in [-0.15, -0.1) is 0 Å². The number of ketones is 1. The molecule has 0 saturated heterocycles. The van der Waals surface area contributed by atoms with Crippen LogP contribution in [0.2, 0.25) is 0 Å². The standard InChI is InChI=1S/C9H9O2/c1-8(10)7-11-9-5-3-2-4-6-9/h2-7H,1H3. The summed E-state index contributed by atoms with van der Waals surface area (Å²) in [5, 5.41) is 0. The Morgan fingerprint density at radius 1 is 1.36 bits per heavy atom. The highest BCUT2D eigenvalue weighted by Gasteiger charge is 1.94. The Bertz CT molecular complexity index is 229. The summed E-state index contributed by atoms with van der Waals surface area (Å²) in [6, 6.07) is 9.17. The van der Waals surface area contributed by atoms with Crippen molar-refractivity contribution in [2.45, 2.75) is 6.92 Å². The van der Waals surface area contributed by atoms with Gasteiger partial charge < -0.3 is 4.74 Å². The fraction of sp³-hybridized carbons (Fsp3) is 0.111. The molecule has 0 aliphatic rings. The Labute approximate surface area is 65.8 Å². The third kappa shape index (κ3) is 2.85. The molecule has 0 fully saturated rings. The van der Waals surface area contributed by atoms with Crippen molar-refractivity contribution in [3.63, 3.8) is 0 Å². The predicted octanol–water partition coefficient (Wildman–Crippen LogP) is 1.82. The average molecular weight is 149 g/mol. The molecule has 0 atom stereocenters. The van der Waals surface area contributed by atoms with Crippen LogP contribution in [0.5, 0.6) is 5.75 Å². The molecule has 1 radical (unpaired) electrons. The quantitative estimate of drug-likeness (QED) is 0.655. The summed E-state index contributed by atoms with van der Waals surface area (Å²) < 4.78 is 4.99. The van der Waals surface area contributed by atoms with Gasteiger partial charge in [0.05, 0.1) is 0 Å². The third-order valence-electron chi connectivity index (χ3n) is 1.10. The summed E-state index contributed by atoms with van der Waals surface area (Å²) in [5.74, 6) is 0.594. The third-order valence-corrected chi connectivity index (χ3v) is 1.10. The molecule has 2 nitrogen and oxygen atoms in total. The van der Waals surface area contributed by atoms with Crippen LogP contribution >= 0.6 is 0 Å². The lowest BCUT2D eigenvalue weighted by atomic mass is 10.3. The van der Waals surface area contributed by atoms with Crippen LogP contribution < -0.4 is 4.74 Å². The van der Waals surface area contributed by atoms with Crippen molar-refractivity contribution in [3.8, 4) is 5.75 Å². The molecule has 2 heteroatoms. The Morgan fingerprint density at radius 2 is 2.00 bits per heavy atom. The zero-order chi connectivity index (χ0) is 8.10. The van der Waals surface area contributed by atoms with E-state index in [-0.39, 0.29) is 5.78 Å². The number of ether oxygens (including phenoxy) is 1. The molecular formula is C9H9O2. The molecule has 0 aliphatic heterocycles. The van der Waals surface area contributed by atoms with E-state index in [0.717, 1.165) is 0 Å². The van der Waals surface area contributed by atoms with E-state index >= 15 is 0 Å². The highest BCUT2D eigenvalue weighted by molar-refractivity contribution is 5.83. The molecular weight excluding hydrogens is 140 g/mol. The van der Waals surface area contributed by atoms with Crippen molar-refractivity contribution in [1.29, 1.82) is 0 Å². The van der Waals surface area contributed by atoms with Gasteiger partial charge in [-0.2, -0.15) is 0 Å². The van der Waals surface area contributed by atoms with Gasteiger partial charge in [-0.1, -0.05) is 18.2 Å². The second-order valence-corrected chi connectivity index (χ2v) is 2.16. The SMILES string of the molecule is CC(=O)[CH]Oc1ccccc1. The summed E-state index contributed by atoms with van der Waals surface area (Å²) >= 11 is 0. The van der Waals surface area contributed by atoms with Crippen molar-refractivity contribution in [2.24, 2.45) is 0 Å². The smallest absolute Gasteiger partial charge is 0.200 e. The number of carbonyl (C=O) groups excluding carboxylic acids is 1. The summed E-state index contributed by atoms with van der Waals surface area (Å²) in [5.41, 5.74) is 0. The first-order valence-corrected chi connectivity index (χ1v) is 3.34. The maximum Gasteiger partial charge on any atom is 0.200 e. The van der Waals surface area contributed by atoms with Crippen LogP contribution in [-0.4, -0.2) is 5.78 Å². The maximum absolute atomic E-state index is 10.4. The molecule has 1 aromatic carbocycles. The molecule has 57 valence electrons.